The number of nitrogens with zero attached hydrogens (tertiary/aromatic N) is 4. The maximum Gasteiger partial charge on any atom is 0.221 e. The van der Waals surface area contributed by atoms with Crippen LogP contribution in [0.3, 0.4) is 0 Å². The van der Waals surface area contributed by atoms with Gasteiger partial charge in [0.25, 0.3) is 0 Å². The fourth-order valence-electron chi connectivity index (χ4n) is 9.71. The summed E-state index contributed by atoms with van der Waals surface area (Å²) in [5.41, 5.74) is 13.7. The number of rotatable bonds is 5. The highest BCUT2D eigenvalue weighted by atomic mass is 15.1. The second-order valence-corrected chi connectivity index (χ2v) is 15.1. The van der Waals surface area contributed by atoms with Crippen LogP contribution in [0, 0.1) is 6.57 Å². The lowest BCUT2D eigenvalue weighted by Crippen LogP contribution is -2.11. The summed E-state index contributed by atoms with van der Waals surface area (Å²) < 4.78 is 7.27. The van der Waals surface area contributed by atoms with Gasteiger partial charge >= 0.3 is 0 Å². The van der Waals surface area contributed by atoms with Gasteiger partial charge in [-0.15, -0.1) is 0 Å². The molecule has 0 fully saturated rings. The Kier molecular flexibility index (Phi) is 7.26. The molecule has 3 heterocycles. The molecule has 0 aliphatic carbocycles. The molecule has 0 saturated heterocycles. The van der Waals surface area contributed by atoms with Crippen LogP contribution in [0.25, 0.3) is 110 Å². The van der Waals surface area contributed by atoms with Crippen LogP contribution < -0.4 is 0 Å². The highest BCUT2D eigenvalue weighted by Crippen LogP contribution is 2.54. The van der Waals surface area contributed by atoms with Crippen LogP contribution in [0.2, 0.25) is 0 Å². The van der Waals surface area contributed by atoms with Crippen molar-refractivity contribution in [2.75, 3.05) is 0 Å². The Morgan fingerprint density at radius 2 is 0.525 bits per heavy atom. The molecule has 12 rings (SSSR count). The summed E-state index contributed by atoms with van der Waals surface area (Å²) in [5, 5.41) is 6.95. The van der Waals surface area contributed by atoms with Crippen molar-refractivity contribution in [3.8, 4) is 39.3 Å². The Hall–Kier alpha value is -8.13. The average molecular weight is 751 g/mol. The molecule has 0 atom stereocenters. The summed E-state index contributed by atoms with van der Waals surface area (Å²) in [6, 6.07) is 73.4. The molecular weight excluding hydrogens is 717 g/mol. The molecule has 0 unspecified atom stereocenters. The van der Waals surface area contributed by atoms with E-state index in [-0.39, 0.29) is 0 Å². The van der Waals surface area contributed by atoms with Gasteiger partial charge in [-0.25, -0.2) is 4.85 Å². The van der Waals surface area contributed by atoms with E-state index in [4.69, 9.17) is 0 Å². The van der Waals surface area contributed by atoms with Crippen LogP contribution in [0.5, 0.6) is 0 Å². The van der Waals surface area contributed by atoms with Gasteiger partial charge in [0, 0.05) is 43.4 Å². The second-order valence-electron chi connectivity index (χ2n) is 15.1. The highest BCUT2D eigenvalue weighted by molar-refractivity contribution is 6.17. The number of hydrogen-bond acceptors (Lipinski definition) is 0. The predicted octanol–water partition coefficient (Wildman–Crippen LogP) is 14.9. The molecule has 4 heteroatoms. The number of hydrogen-bond donors (Lipinski definition) is 0. The Bertz CT molecular complexity index is 3510. The van der Waals surface area contributed by atoms with E-state index < -0.39 is 0 Å². The quantitative estimate of drug-likeness (QED) is 0.156. The lowest BCUT2D eigenvalue weighted by Gasteiger charge is -2.29. The topological polar surface area (TPSA) is 19.1 Å². The third-order valence-electron chi connectivity index (χ3n) is 12.0. The third kappa shape index (κ3) is 4.70. The van der Waals surface area contributed by atoms with Crippen molar-refractivity contribution < 1.29 is 0 Å². The van der Waals surface area contributed by atoms with Crippen molar-refractivity contribution in [2.24, 2.45) is 0 Å². The van der Waals surface area contributed by atoms with Gasteiger partial charge in [-0.2, -0.15) is 0 Å². The molecule has 0 radical (unpaired) electrons. The minimum absolute atomic E-state index is 0.586. The molecule has 9 aromatic carbocycles. The zero-order valence-corrected chi connectivity index (χ0v) is 31.9. The van der Waals surface area contributed by atoms with Gasteiger partial charge in [0.15, 0.2) is 0 Å². The number of aromatic nitrogens is 3. The SMILES string of the molecule is [C-]#[N+]c1c(-c2ccccc2)c(-n2c3ccccc3c3ccccc32)c(-n2c3ccccc3c3ccccc32)c(-c2ccccc2)c1-n1c2ccccc2c2ccccc21. The first-order valence-electron chi connectivity index (χ1n) is 20.0. The monoisotopic (exact) mass is 750 g/mol. The molecule has 0 spiro atoms. The fourth-order valence-corrected chi connectivity index (χ4v) is 9.71. The van der Waals surface area contributed by atoms with E-state index in [1.54, 1.807) is 0 Å². The Morgan fingerprint density at radius 3 is 0.847 bits per heavy atom. The van der Waals surface area contributed by atoms with Crippen LogP contribution in [0.1, 0.15) is 0 Å². The molecule has 59 heavy (non-hydrogen) atoms. The van der Waals surface area contributed by atoms with E-state index in [1.807, 2.05) is 0 Å². The molecule has 274 valence electrons. The largest absolute Gasteiger partial charge is 0.318 e. The van der Waals surface area contributed by atoms with Crippen molar-refractivity contribution in [1.29, 1.82) is 0 Å². The van der Waals surface area contributed by atoms with Crippen LogP contribution in [0.15, 0.2) is 206 Å². The third-order valence-corrected chi connectivity index (χ3v) is 12.0. The van der Waals surface area contributed by atoms with E-state index in [2.05, 4.69) is 225 Å². The first-order chi connectivity index (χ1) is 29.3. The lowest BCUT2D eigenvalue weighted by molar-refractivity contribution is 1.08. The van der Waals surface area contributed by atoms with Crippen molar-refractivity contribution in [3.05, 3.63) is 218 Å². The molecule has 0 bridgehead atoms. The molecule has 0 N–H and O–H groups in total. The zero-order chi connectivity index (χ0) is 39.0. The molecule has 3 aromatic heterocycles. The normalized spacial score (nSPS) is 11.7. The van der Waals surface area contributed by atoms with Gasteiger partial charge in [0.1, 0.15) is 0 Å². The van der Waals surface area contributed by atoms with Gasteiger partial charge in [-0.3, -0.25) is 0 Å². The van der Waals surface area contributed by atoms with E-state index in [0.717, 1.165) is 94.0 Å². The molecule has 12 aromatic rings. The van der Waals surface area contributed by atoms with Gasteiger partial charge in [-0.1, -0.05) is 170 Å². The van der Waals surface area contributed by atoms with Crippen molar-refractivity contribution in [2.45, 2.75) is 0 Å². The summed E-state index contributed by atoms with van der Waals surface area (Å²) in [7, 11) is 0. The maximum absolute atomic E-state index is 9.40. The van der Waals surface area contributed by atoms with Gasteiger partial charge in [-0.05, 0) is 47.5 Å². The van der Waals surface area contributed by atoms with Crippen LogP contribution >= 0.6 is 0 Å². The summed E-state index contributed by atoms with van der Waals surface area (Å²) in [5.74, 6) is 0. The molecule has 0 saturated carbocycles. The zero-order valence-electron chi connectivity index (χ0n) is 31.9. The summed E-state index contributed by atoms with van der Waals surface area (Å²) in [6.45, 7) is 9.40. The molecule has 0 aliphatic heterocycles. The smallest absolute Gasteiger partial charge is 0.221 e. The van der Waals surface area contributed by atoms with E-state index in [0.29, 0.717) is 5.69 Å². The van der Waals surface area contributed by atoms with E-state index >= 15 is 0 Å². The van der Waals surface area contributed by atoms with Gasteiger partial charge < -0.3 is 13.7 Å². The summed E-state index contributed by atoms with van der Waals surface area (Å²) in [4.78, 5) is 4.69. The molecular formula is C55H34N4. The lowest BCUT2D eigenvalue weighted by atomic mass is 9.90. The predicted molar refractivity (Wildman–Crippen MR) is 247 cm³/mol. The van der Waals surface area contributed by atoms with Crippen LogP contribution in [-0.4, -0.2) is 13.7 Å². The standard InChI is InChI=1S/C55H34N4/c1-56-52-50(36-20-4-2-5-21-36)54(58-46-32-16-10-26-40(46)41-27-11-17-33-47(41)58)55(59-48-34-18-12-28-42(48)43-29-13-19-35-49(43)59)51(37-22-6-3-7-23-37)53(52)57-44-30-14-8-24-38(44)39-25-9-15-31-45(39)57/h2-35H. The Labute approximate surface area is 340 Å². The summed E-state index contributed by atoms with van der Waals surface area (Å²) >= 11 is 0. The first-order valence-corrected chi connectivity index (χ1v) is 20.0. The Balaban J connectivity index is 1.46. The van der Waals surface area contributed by atoms with Crippen LogP contribution in [0.4, 0.5) is 5.69 Å². The maximum atomic E-state index is 9.40. The molecule has 0 amide bonds. The van der Waals surface area contributed by atoms with Crippen LogP contribution in [-0.2, 0) is 0 Å². The van der Waals surface area contributed by atoms with Gasteiger partial charge in [0.05, 0.1) is 56.7 Å². The first kappa shape index (κ1) is 33.1. The minimum atomic E-state index is 0.586. The summed E-state index contributed by atoms with van der Waals surface area (Å²) in [6.07, 6.45) is 0. The molecule has 0 aliphatic rings. The number of fused-ring (bicyclic) bond motifs is 9. The van der Waals surface area contributed by atoms with Crippen molar-refractivity contribution in [1.82, 2.24) is 13.7 Å². The fraction of sp³-hybridized carbons (Fsp3) is 0. The number of para-hydroxylation sites is 6. The van der Waals surface area contributed by atoms with Crippen molar-refractivity contribution in [3.63, 3.8) is 0 Å². The Morgan fingerprint density at radius 1 is 0.271 bits per heavy atom. The molecule has 4 nitrogen and oxygen atoms in total. The van der Waals surface area contributed by atoms with E-state index in [9.17, 15) is 6.57 Å². The van der Waals surface area contributed by atoms with Gasteiger partial charge in [0.2, 0.25) is 5.69 Å². The number of benzene rings is 9. The minimum Gasteiger partial charge on any atom is -0.318 e. The van der Waals surface area contributed by atoms with Crippen molar-refractivity contribution >= 4 is 71.1 Å². The second kappa shape index (κ2) is 13.0. The average Bonchev–Trinajstić information content (AvgIpc) is 3.94. The van der Waals surface area contributed by atoms with E-state index in [1.165, 1.54) is 10.8 Å². The highest BCUT2D eigenvalue weighted by Gasteiger charge is 2.33.